The minimum atomic E-state index is -4.69. The van der Waals surface area contributed by atoms with Crippen LogP contribution < -0.4 is 14.4 Å². The van der Waals surface area contributed by atoms with Crippen molar-refractivity contribution in [2.45, 2.75) is 24.9 Å². The van der Waals surface area contributed by atoms with Crippen LogP contribution in [0.3, 0.4) is 0 Å². The van der Waals surface area contributed by atoms with E-state index >= 15 is 0 Å². The molecule has 0 radical (unpaired) electrons. The molecule has 0 unspecified atom stereocenters. The molecule has 0 heterocycles. The van der Waals surface area contributed by atoms with E-state index in [1.807, 2.05) is 6.92 Å². The standard InChI is InChI=1S/C25H24ClF3N2O4S/c1-17-6-10-22(11-7-17)36(33,34)31(20-5-3-4-19(14-20)25(27,28)29)16-24(32)30-12-13-35-21-9-8-18(2)23(26)15-21/h3-11,14-15H,12-13,16H2,1-2H3,(H,30,32). The third-order valence-corrected chi connectivity index (χ3v) is 7.39. The van der Waals surface area contributed by atoms with Crippen LogP contribution in [0.25, 0.3) is 0 Å². The largest absolute Gasteiger partial charge is 0.492 e. The molecule has 0 aliphatic rings. The van der Waals surface area contributed by atoms with E-state index in [1.54, 1.807) is 37.3 Å². The quantitative estimate of drug-likeness (QED) is 0.370. The van der Waals surface area contributed by atoms with Gasteiger partial charge in [-0.3, -0.25) is 9.10 Å². The van der Waals surface area contributed by atoms with Gasteiger partial charge in [-0.15, -0.1) is 0 Å². The molecular formula is C25H24ClF3N2O4S. The molecule has 3 aromatic rings. The summed E-state index contributed by atoms with van der Waals surface area (Å²) in [7, 11) is -4.35. The molecule has 0 bridgehead atoms. The van der Waals surface area contributed by atoms with Crippen LogP contribution in [0.15, 0.2) is 71.6 Å². The monoisotopic (exact) mass is 540 g/mol. The lowest BCUT2D eigenvalue weighted by Crippen LogP contribution is -2.42. The third kappa shape index (κ3) is 6.92. The van der Waals surface area contributed by atoms with Crippen molar-refractivity contribution < 1.29 is 31.1 Å². The van der Waals surface area contributed by atoms with Crippen molar-refractivity contribution >= 4 is 33.2 Å². The lowest BCUT2D eigenvalue weighted by atomic mass is 10.2. The highest BCUT2D eigenvalue weighted by Gasteiger charge is 2.33. The normalized spacial score (nSPS) is 11.7. The molecule has 11 heteroatoms. The Morgan fingerprint density at radius 2 is 1.72 bits per heavy atom. The van der Waals surface area contributed by atoms with Gasteiger partial charge in [0.25, 0.3) is 10.0 Å². The van der Waals surface area contributed by atoms with E-state index < -0.39 is 34.2 Å². The number of rotatable bonds is 9. The summed E-state index contributed by atoms with van der Waals surface area (Å²) in [6.45, 7) is 2.98. The van der Waals surface area contributed by atoms with Crippen molar-refractivity contribution in [1.29, 1.82) is 0 Å². The molecule has 0 saturated heterocycles. The number of anilines is 1. The number of hydrogen-bond acceptors (Lipinski definition) is 4. The van der Waals surface area contributed by atoms with Gasteiger partial charge >= 0.3 is 6.18 Å². The Kier molecular flexibility index (Phi) is 8.52. The average molecular weight is 541 g/mol. The second-order valence-electron chi connectivity index (χ2n) is 7.98. The van der Waals surface area contributed by atoms with Gasteiger partial charge in [0.15, 0.2) is 0 Å². The molecule has 0 aliphatic carbocycles. The Bertz CT molecular complexity index is 1330. The SMILES string of the molecule is Cc1ccc(S(=O)(=O)N(CC(=O)NCCOc2ccc(C)c(Cl)c2)c2cccc(C(F)(F)F)c2)cc1. The fourth-order valence-corrected chi connectivity index (χ4v) is 4.78. The first kappa shape index (κ1) is 27.3. The molecule has 1 amide bonds. The first-order valence-corrected chi connectivity index (χ1v) is 12.6. The zero-order valence-corrected chi connectivity index (χ0v) is 21.0. The Balaban J connectivity index is 1.78. The van der Waals surface area contributed by atoms with Gasteiger partial charge in [-0.2, -0.15) is 13.2 Å². The summed E-state index contributed by atoms with van der Waals surface area (Å²) in [6.07, 6.45) is -4.69. The van der Waals surface area contributed by atoms with Gasteiger partial charge in [-0.25, -0.2) is 8.42 Å². The van der Waals surface area contributed by atoms with Gasteiger partial charge in [0.1, 0.15) is 18.9 Å². The summed E-state index contributed by atoms with van der Waals surface area (Å²) in [5.41, 5.74) is 0.356. The van der Waals surface area contributed by atoms with E-state index in [2.05, 4.69) is 5.32 Å². The number of aryl methyl sites for hydroxylation is 2. The summed E-state index contributed by atoms with van der Waals surface area (Å²) in [5, 5.41) is 3.05. The number of nitrogens with zero attached hydrogens (tertiary/aromatic N) is 1. The first-order valence-electron chi connectivity index (χ1n) is 10.8. The number of nitrogens with one attached hydrogen (secondary N) is 1. The van der Waals surface area contributed by atoms with E-state index in [-0.39, 0.29) is 23.7 Å². The highest BCUT2D eigenvalue weighted by atomic mass is 35.5. The predicted molar refractivity (Wildman–Crippen MR) is 132 cm³/mol. The fraction of sp³-hybridized carbons (Fsp3) is 0.240. The topological polar surface area (TPSA) is 75.7 Å². The molecule has 0 aliphatic heterocycles. The van der Waals surface area contributed by atoms with Crippen LogP contribution in [0.1, 0.15) is 16.7 Å². The number of carbonyl (C=O) groups is 1. The molecule has 0 atom stereocenters. The third-order valence-electron chi connectivity index (χ3n) is 5.19. The molecular weight excluding hydrogens is 517 g/mol. The predicted octanol–water partition coefficient (Wildman–Crippen LogP) is 5.37. The Morgan fingerprint density at radius 3 is 2.36 bits per heavy atom. The zero-order valence-electron chi connectivity index (χ0n) is 19.5. The van der Waals surface area contributed by atoms with Crippen LogP contribution in [0, 0.1) is 13.8 Å². The Hall–Kier alpha value is -3.24. The summed E-state index contributed by atoms with van der Waals surface area (Å²) >= 11 is 6.05. The fourth-order valence-electron chi connectivity index (χ4n) is 3.20. The van der Waals surface area contributed by atoms with Crippen LogP contribution in [-0.4, -0.2) is 34.0 Å². The van der Waals surface area contributed by atoms with E-state index in [0.29, 0.717) is 21.1 Å². The molecule has 3 rings (SSSR count). The van der Waals surface area contributed by atoms with Crippen molar-refractivity contribution in [1.82, 2.24) is 5.32 Å². The second-order valence-corrected chi connectivity index (χ2v) is 10.3. The lowest BCUT2D eigenvalue weighted by molar-refractivity contribution is -0.137. The number of hydrogen-bond donors (Lipinski definition) is 1. The Morgan fingerprint density at radius 1 is 1.03 bits per heavy atom. The van der Waals surface area contributed by atoms with Crippen LogP contribution in [0.4, 0.5) is 18.9 Å². The Labute approximate surface area is 212 Å². The maximum atomic E-state index is 13.3. The van der Waals surface area contributed by atoms with Gasteiger partial charge in [-0.1, -0.05) is 41.4 Å². The van der Waals surface area contributed by atoms with E-state index in [9.17, 15) is 26.4 Å². The summed E-state index contributed by atoms with van der Waals surface area (Å²) in [6, 6.07) is 14.7. The van der Waals surface area contributed by atoms with Crippen molar-refractivity contribution in [2.24, 2.45) is 0 Å². The summed E-state index contributed by atoms with van der Waals surface area (Å²) in [4.78, 5) is 12.5. The van der Waals surface area contributed by atoms with Crippen LogP contribution in [0.5, 0.6) is 5.75 Å². The molecule has 3 aromatic carbocycles. The smallest absolute Gasteiger partial charge is 0.416 e. The molecule has 1 N–H and O–H groups in total. The van der Waals surface area contributed by atoms with Crippen molar-refractivity contribution in [3.8, 4) is 5.75 Å². The maximum Gasteiger partial charge on any atom is 0.416 e. The molecule has 0 fully saturated rings. The van der Waals surface area contributed by atoms with Crippen LogP contribution in [0.2, 0.25) is 5.02 Å². The lowest BCUT2D eigenvalue weighted by Gasteiger charge is -2.25. The molecule has 192 valence electrons. The van der Waals surface area contributed by atoms with Gasteiger partial charge in [-0.05, 0) is 61.9 Å². The van der Waals surface area contributed by atoms with Gasteiger partial charge in [0.2, 0.25) is 5.91 Å². The van der Waals surface area contributed by atoms with Gasteiger partial charge < -0.3 is 10.1 Å². The highest BCUT2D eigenvalue weighted by molar-refractivity contribution is 7.92. The number of halogens is 4. The number of benzene rings is 3. The molecule has 36 heavy (non-hydrogen) atoms. The number of alkyl halides is 3. The summed E-state index contributed by atoms with van der Waals surface area (Å²) < 4.78 is 72.7. The number of carbonyl (C=O) groups excluding carboxylic acids is 1. The molecule has 0 aromatic heterocycles. The minimum absolute atomic E-state index is 0.0331. The van der Waals surface area contributed by atoms with Crippen molar-refractivity contribution in [2.75, 3.05) is 24.0 Å². The van der Waals surface area contributed by atoms with Crippen LogP contribution in [-0.2, 0) is 21.0 Å². The average Bonchev–Trinajstić information content (AvgIpc) is 2.82. The van der Waals surface area contributed by atoms with Gasteiger partial charge in [0.05, 0.1) is 22.7 Å². The summed E-state index contributed by atoms with van der Waals surface area (Å²) in [5.74, 6) is -0.221. The first-order chi connectivity index (χ1) is 16.9. The molecule has 0 spiro atoms. The maximum absolute atomic E-state index is 13.3. The van der Waals surface area contributed by atoms with E-state index in [1.165, 1.54) is 18.2 Å². The number of amides is 1. The van der Waals surface area contributed by atoms with Crippen LogP contribution >= 0.6 is 11.6 Å². The van der Waals surface area contributed by atoms with Gasteiger partial charge in [0, 0.05) is 5.02 Å². The second kappa shape index (κ2) is 11.2. The molecule has 0 saturated carbocycles. The van der Waals surface area contributed by atoms with Crippen molar-refractivity contribution in [3.05, 3.63) is 88.4 Å². The highest BCUT2D eigenvalue weighted by Crippen LogP contribution is 2.33. The van der Waals surface area contributed by atoms with Crippen molar-refractivity contribution in [3.63, 3.8) is 0 Å². The van der Waals surface area contributed by atoms with E-state index in [0.717, 1.165) is 23.3 Å². The van der Waals surface area contributed by atoms with E-state index in [4.69, 9.17) is 16.3 Å². The molecule has 6 nitrogen and oxygen atoms in total. The number of sulfonamides is 1. The zero-order chi connectivity index (χ0) is 26.5. The number of ether oxygens (including phenoxy) is 1. The minimum Gasteiger partial charge on any atom is -0.492 e.